The molecule has 0 aliphatic carbocycles. The molecule has 1 amide bonds. The number of halogens is 4. The third kappa shape index (κ3) is 4.68. The largest absolute Gasteiger partial charge is 0.416 e. The van der Waals surface area contributed by atoms with Gasteiger partial charge in [-0.1, -0.05) is 0 Å². The fourth-order valence-corrected chi connectivity index (χ4v) is 1.71. The molecule has 0 saturated carbocycles. The van der Waals surface area contributed by atoms with Gasteiger partial charge >= 0.3 is 6.18 Å². The van der Waals surface area contributed by atoms with E-state index in [1.165, 1.54) is 7.11 Å². The molecule has 0 aliphatic rings. The molecule has 0 saturated heterocycles. The molecule has 0 bridgehead atoms. The fourth-order valence-electron chi connectivity index (χ4n) is 1.71. The molecule has 1 aromatic rings. The minimum Gasteiger partial charge on any atom is -0.383 e. The average Bonchev–Trinajstić information content (AvgIpc) is 2.42. The first-order chi connectivity index (χ1) is 9.81. The van der Waals surface area contributed by atoms with Gasteiger partial charge in [0.1, 0.15) is 5.82 Å². The van der Waals surface area contributed by atoms with Crippen molar-refractivity contribution >= 4 is 5.91 Å². The van der Waals surface area contributed by atoms with E-state index in [0.29, 0.717) is 18.2 Å². The monoisotopic (exact) mass is 308 g/mol. The second-order valence-electron chi connectivity index (χ2n) is 4.27. The van der Waals surface area contributed by atoms with Gasteiger partial charge in [0, 0.05) is 26.7 Å². The van der Waals surface area contributed by atoms with Crippen LogP contribution in [0.1, 0.15) is 15.9 Å². The van der Waals surface area contributed by atoms with Gasteiger partial charge < -0.3 is 15.4 Å². The maximum atomic E-state index is 13.7. The number of nitrogens with two attached hydrogens (primary N) is 1. The van der Waals surface area contributed by atoms with Gasteiger partial charge in [-0.05, 0) is 18.2 Å². The van der Waals surface area contributed by atoms with Crippen molar-refractivity contribution in [2.24, 2.45) is 5.73 Å². The Morgan fingerprint density at radius 2 is 2.00 bits per heavy atom. The van der Waals surface area contributed by atoms with E-state index in [1.54, 1.807) is 0 Å². The Morgan fingerprint density at radius 1 is 1.33 bits per heavy atom. The summed E-state index contributed by atoms with van der Waals surface area (Å²) in [5.41, 5.74) is 3.64. The molecule has 1 rings (SSSR count). The van der Waals surface area contributed by atoms with Crippen molar-refractivity contribution in [1.29, 1.82) is 0 Å². The number of carbonyl (C=O) groups is 1. The number of hydrogen-bond acceptors (Lipinski definition) is 3. The molecular formula is C13H16F4N2O2. The minimum absolute atomic E-state index is 0.0951. The molecule has 0 atom stereocenters. The van der Waals surface area contributed by atoms with Crippen LogP contribution >= 0.6 is 0 Å². The fraction of sp³-hybridized carbons (Fsp3) is 0.462. The maximum Gasteiger partial charge on any atom is 0.416 e. The molecule has 0 aromatic heterocycles. The van der Waals surface area contributed by atoms with Gasteiger partial charge in [0.05, 0.1) is 17.7 Å². The van der Waals surface area contributed by atoms with Gasteiger partial charge in [0.2, 0.25) is 0 Å². The zero-order chi connectivity index (χ0) is 16.0. The number of alkyl halides is 3. The average molecular weight is 308 g/mol. The van der Waals surface area contributed by atoms with E-state index < -0.39 is 29.0 Å². The lowest BCUT2D eigenvalue weighted by Crippen LogP contribution is -2.38. The van der Waals surface area contributed by atoms with Gasteiger partial charge in [-0.2, -0.15) is 13.2 Å². The van der Waals surface area contributed by atoms with Crippen LogP contribution in [-0.2, 0) is 10.9 Å². The van der Waals surface area contributed by atoms with Crippen LogP contribution in [0.2, 0.25) is 0 Å². The summed E-state index contributed by atoms with van der Waals surface area (Å²) < 4.78 is 56.3. The lowest BCUT2D eigenvalue weighted by Gasteiger charge is -2.22. The number of methoxy groups -OCH3 is 1. The molecule has 0 unspecified atom stereocenters. The SMILES string of the molecule is COCCN(CCN)C(=O)c1cc(C(F)(F)F)ccc1F. The summed E-state index contributed by atoms with van der Waals surface area (Å²) in [7, 11) is 1.41. The molecule has 0 aliphatic heterocycles. The van der Waals surface area contributed by atoms with E-state index >= 15 is 0 Å². The summed E-state index contributed by atoms with van der Waals surface area (Å²) in [6.07, 6.45) is -4.64. The van der Waals surface area contributed by atoms with Crippen molar-refractivity contribution in [2.45, 2.75) is 6.18 Å². The van der Waals surface area contributed by atoms with Crippen LogP contribution in [0.15, 0.2) is 18.2 Å². The third-order valence-corrected chi connectivity index (χ3v) is 2.78. The Labute approximate surface area is 119 Å². The Hall–Kier alpha value is -1.67. The summed E-state index contributed by atoms with van der Waals surface area (Å²) in [6.45, 7) is 0.489. The van der Waals surface area contributed by atoms with Crippen molar-refractivity contribution in [1.82, 2.24) is 4.90 Å². The first kappa shape index (κ1) is 17.4. The number of rotatable bonds is 6. The zero-order valence-electron chi connectivity index (χ0n) is 11.4. The highest BCUT2D eigenvalue weighted by Gasteiger charge is 2.32. The van der Waals surface area contributed by atoms with Gasteiger partial charge in [0.15, 0.2) is 0 Å². The normalized spacial score (nSPS) is 11.5. The van der Waals surface area contributed by atoms with E-state index in [0.717, 1.165) is 4.90 Å². The highest BCUT2D eigenvalue weighted by Crippen LogP contribution is 2.30. The van der Waals surface area contributed by atoms with E-state index in [-0.39, 0.29) is 26.2 Å². The van der Waals surface area contributed by atoms with Gasteiger partial charge in [-0.3, -0.25) is 4.79 Å². The molecule has 4 nitrogen and oxygen atoms in total. The van der Waals surface area contributed by atoms with E-state index in [1.807, 2.05) is 0 Å². The molecule has 118 valence electrons. The molecule has 1 aromatic carbocycles. The van der Waals surface area contributed by atoms with Crippen molar-refractivity contribution in [3.05, 3.63) is 35.1 Å². The molecule has 2 N–H and O–H groups in total. The molecular weight excluding hydrogens is 292 g/mol. The molecule has 0 spiro atoms. The second kappa shape index (κ2) is 7.37. The van der Waals surface area contributed by atoms with E-state index in [9.17, 15) is 22.4 Å². The number of hydrogen-bond donors (Lipinski definition) is 1. The van der Waals surface area contributed by atoms with Crippen LogP contribution in [0, 0.1) is 5.82 Å². The maximum absolute atomic E-state index is 13.7. The van der Waals surface area contributed by atoms with Crippen LogP contribution in [0.5, 0.6) is 0 Å². The van der Waals surface area contributed by atoms with Crippen LogP contribution in [0.4, 0.5) is 17.6 Å². The lowest BCUT2D eigenvalue weighted by molar-refractivity contribution is -0.137. The van der Waals surface area contributed by atoms with E-state index in [2.05, 4.69) is 0 Å². The van der Waals surface area contributed by atoms with Crippen molar-refractivity contribution in [3.8, 4) is 0 Å². The molecule has 21 heavy (non-hydrogen) atoms. The summed E-state index contributed by atoms with van der Waals surface area (Å²) in [5, 5.41) is 0. The topological polar surface area (TPSA) is 55.6 Å². The summed E-state index contributed by atoms with van der Waals surface area (Å²) in [5.74, 6) is -1.85. The first-order valence-corrected chi connectivity index (χ1v) is 6.16. The smallest absolute Gasteiger partial charge is 0.383 e. The standard InChI is InChI=1S/C13H16F4N2O2/c1-21-7-6-19(5-4-18)12(20)10-8-9(13(15,16)17)2-3-11(10)14/h2-3,8H,4-7,18H2,1H3. The lowest BCUT2D eigenvalue weighted by atomic mass is 10.1. The van der Waals surface area contributed by atoms with Crippen molar-refractivity contribution in [2.75, 3.05) is 33.4 Å². The zero-order valence-corrected chi connectivity index (χ0v) is 11.4. The summed E-state index contributed by atoms with van der Waals surface area (Å²) >= 11 is 0. The second-order valence-corrected chi connectivity index (χ2v) is 4.27. The van der Waals surface area contributed by atoms with Crippen LogP contribution in [-0.4, -0.2) is 44.2 Å². The van der Waals surface area contributed by atoms with Crippen LogP contribution in [0.3, 0.4) is 0 Å². The highest BCUT2D eigenvalue weighted by atomic mass is 19.4. The molecule has 0 heterocycles. The minimum atomic E-state index is -4.64. The van der Waals surface area contributed by atoms with Crippen LogP contribution in [0.25, 0.3) is 0 Å². The van der Waals surface area contributed by atoms with Crippen molar-refractivity contribution in [3.63, 3.8) is 0 Å². The Kier molecular flexibility index (Phi) is 6.10. The number of ether oxygens (including phenoxy) is 1. The number of nitrogens with zero attached hydrogens (tertiary/aromatic N) is 1. The van der Waals surface area contributed by atoms with Gasteiger partial charge in [0.25, 0.3) is 5.91 Å². The van der Waals surface area contributed by atoms with Gasteiger partial charge in [-0.25, -0.2) is 4.39 Å². The summed E-state index contributed by atoms with van der Waals surface area (Å²) in [6, 6.07) is 1.73. The third-order valence-electron chi connectivity index (χ3n) is 2.78. The highest BCUT2D eigenvalue weighted by molar-refractivity contribution is 5.94. The number of benzene rings is 1. The molecule has 0 radical (unpaired) electrons. The Morgan fingerprint density at radius 3 is 2.52 bits per heavy atom. The van der Waals surface area contributed by atoms with Gasteiger partial charge in [-0.15, -0.1) is 0 Å². The quantitative estimate of drug-likeness (QED) is 0.817. The number of carbonyl (C=O) groups excluding carboxylic acids is 1. The van der Waals surface area contributed by atoms with E-state index in [4.69, 9.17) is 10.5 Å². The number of amides is 1. The Balaban J connectivity index is 3.08. The molecule has 0 fully saturated rings. The Bertz CT molecular complexity index is 492. The first-order valence-electron chi connectivity index (χ1n) is 6.16. The van der Waals surface area contributed by atoms with Crippen molar-refractivity contribution < 1.29 is 27.1 Å². The predicted octanol–water partition coefficient (Wildman–Crippen LogP) is 1.89. The predicted molar refractivity (Wildman–Crippen MR) is 68.2 cm³/mol. The molecule has 8 heteroatoms. The van der Waals surface area contributed by atoms with Crippen LogP contribution < -0.4 is 5.73 Å². The summed E-state index contributed by atoms with van der Waals surface area (Å²) in [4.78, 5) is 13.3.